The highest BCUT2D eigenvalue weighted by atomic mass is 32.2. The van der Waals surface area contributed by atoms with E-state index in [1.54, 1.807) is 24.2 Å². The Bertz CT molecular complexity index is 366. The number of carbonyl (C=O) groups is 1. The van der Waals surface area contributed by atoms with Crippen molar-refractivity contribution in [3.05, 3.63) is 23.9 Å². The van der Waals surface area contributed by atoms with E-state index < -0.39 is 0 Å². The molecular weight excluding hydrogens is 256 g/mol. The number of carbonyl (C=O) groups excluding carboxylic acids is 1. The van der Waals surface area contributed by atoms with Gasteiger partial charge in [-0.1, -0.05) is 6.08 Å². The number of nitrogens with zero attached hydrogens (tertiary/aromatic N) is 1. The normalized spacial score (nSPS) is 9.94. The van der Waals surface area contributed by atoms with Crippen molar-refractivity contribution in [3.8, 4) is 0 Å². The lowest BCUT2D eigenvalue weighted by atomic mass is 10.4. The van der Waals surface area contributed by atoms with Crippen LogP contribution in [0.5, 0.6) is 0 Å². The third-order valence-corrected chi connectivity index (χ3v) is 3.55. The standard InChI is InChI=1S/C11H16N2O2S2/c1-3-6-16-7-5-12-10-9(13-8-17-10)11(14)15-4-2/h3,8,12H,1,4-7H2,2H3. The van der Waals surface area contributed by atoms with Gasteiger partial charge in [0.05, 0.1) is 12.1 Å². The van der Waals surface area contributed by atoms with Crippen LogP contribution in [0.2, 0.25) is 0 Å². The molecule has 0 unspecified atom stereocenters. The van der Waals surface area contributed by atoms with Crippen LogP contribution in [0.25, 0.3) is 0 Å². The van der Waals surface area contributed by atoms with Gasteiger partial charge < -0.3 is 10.1 Å². The molecule has 0 aliphatic rings. The van der Waals surface area contributed by atoms with Crippen molar-refractivity contribution in [2.24, 2.45) is 0 Å². The quantitative estimate of drug-likeness (QED) is 0.448. The molecular formula is C11H16N2O2S2. The molecule has 1 aromatic rings. The summed E-state index contributed by atoms with van der Waals surface area (Å²) in [6.07, 6.45) is 1.88. The predicted molar refractivity (Wildman–Crippen MR) is 74.1 cm³/mol. The van der Waals surface area contributed by atoms with Crippen LogP contribution in [-0.4, -0.2) is 35.6 Å². The summed E-state index contributed by atoms with van der Waals surface area (Å²) in [6.45, 7) is 6.60. The van der Waals surface area contributed by atoms with Crippen molar-refractivity contribution < 1.29 is 9.53 Å². The van der Waals surface area contributed by atoms with Crippen molar-refractivity contribution in [1.29, 1.82) is 0 Å². The number of aromatic nitrogens is 1. The maximum atomic E-state index is 11.5. The van der Waals surface area contributed by atoms with Crippen LogP contribution < -0.4 is 5.32 Å². The summed E-state index contributed by atoms with van der Waals surface area (Å²) in [5.41, 5.74) is 2.02. The molecule has 0 bridgehead atoms. The topological polar surface area (TPSA) is 51.2 Å². The lowest BCUT2D eigenvalue weighted by molar-refractivity contribution is 0.0521. The van der Waals surface area contributed by atoms with Gasteiger partial charge in [0, 0.05) is 18.1 Å². The zero-order chi connectivity index (χ0) is 12.5. The summed E-state index contributed by atoms with van der Waals surface area (Å²) >= 11 is 3.20. The fourth-order valence-corrected chi connectivity index (χ4v) is 2.40. The Morgan fingerprint density at radius 3 is 3.29 bits per heavy atom. The van der Waals surface area contributed by atoms with Gasteiger partial charge in [-0.3, -0.25) is 0 Å². The van der Waals surface area contributed by atoms with E-state index in [2.05, 4.69) is 16.9 Å². The second-order valence-electron chi connectivity index (χ2n) is 3.04. The molecule has 0 atom stereocenters. The fourth-order valence-electron chi connectivity index (χ4n) is 1.12. The van der Waals surface area contributed by atoms with Gasteiger partial charge in [-0.05, 0) is 6.92 Å². The molecule has 0 fully saturated rings. The summed E-state index contributed by atoms with van der Waals surface area (Å²) < 4.78 is 4.92. The van der Waals surface area contributed by atoms with Crippen molar-refractivity contribution >= 4 is 34.1 Å². The molecule has 0 aromatic carbocycles. The Labute approximate surface area is 109 Å². The van der Waals surface area contributed by atoms with Gasteiger partial charge in [-0.25, -0.2) is 9.78 Å². The lowest BCUT2D eigenvalue weighted by Crippen LogP contribution is -2.10. The Kier molecular flexibility index (Phi) is 6.73. The van der Waals surface area contributed by atoms with Gasteiger partial charge in [0.2, 0.25) is 0 Å². The molecule has 1 N–H and O–H groups in total. The maximum Gasteiger partial charge on any atom is 0.360 e. The molecule has 6 heteroatoms. The number of hydrogen-bond donors (Lipinski definition) is 1. The molecule has 0 aliphatic carbocycles. The molecule has 17 heavy (non-hydrogen) atoms. The van der Waals surface area contributed by atoms with Crippen molar-refractivity contribution in [2.75, 3.05) is 30.0 Å². The highest BCUT2D eigenvalue weighted by molar-refractivity contribution is 7.99. The first kappa shape index (κ1) is 14.1. The van der Waals surface area contributed by atoms with Crippen molar-refractivity contribution in [1.82, 2.24) is 4.98 Å². The molecule has 0 amide bonds. The zero-order valence-corrected chi connectivity index (χ0v) is 11.4. The van der Waals surface area contributed by atoms with E-state index in [0.717, 1.165) is 23.1 Å². The summed E-state index contributed by atoms with van der Waals surface area (Å²) in [4.78, 5) is 15.5. The molecule has 4 nitrogen and oxygen atoms in total. The Morgan fingerprint density at radius 1 is 1.76 bits per heavy atom. The summed E-state index contributed by atoms with van der Waals surface area (Å²) in [6, 6.07) is 0. The van der Waals surface area contributed by atoms with E-state index in [0.29, 0.717) is 12.3 Å². The van der Waals surface area contributed by atoms with Crippen LogP contribution in [-0.2, 0) is 4.74 Å². The first-order valence-corrected chi connectivity index (χ1v) is 7.36. The summed E-state index contributed by atoms with van der Waals surface area (Å²) in [5, 5.41) is 3.97. The van der Waals surface area contributed by atoms with E-state index in [9.17, 15) is 4.79 Å². The average molecular weight is 272 g/mol. The van der Waals surface area contributed by atoms with Crippen LogP contribution in [0.3, 0.4) is 0 Å². The molecule has 0 spiro atoms. The molecule has 1 rings (SSSR count). The fraction of sp³-hybridized carbons (Fsp3) is 0.455. The lowest BCUT2D eigenvalue weighted by Gasteiger charge is -2.05. The number of ether oxygens (including phenoxy) is 1. The van der Waals surface area contributed by atoms with Gasteiger partial charge >= 0.3 is 5.97 Å². The van der Waals surface area contributed by atoms with Gasteiger partial charge in [0.1, 0.15) is 5.00 Å². The van der Waals surface area contributed by atoms with Gasteiger partial charge in [0.25, 0.3) is 0 Å². The second-order valence-corrected chi connectivity index (χ2v) is 5.05. The van der Waals surface area contributed by atoms with Gasteiger partial charge in [-0.2, -0.15) is 11.8 Å². The monoisotopic (exact) mass is 272 g/mol. The molecule has 0 saturated heterocycles. The first-order valence-electron chi connectivity index (χ1n) is 5.32. The molecule has 0 saturated carbocycles. The largest absolute Gasteiger partial charge is 0.461 e. The van der Waals surface area contributed by atoms with Crippen LogP contribution >= 0.6 is 23.1 Å². The van der Waals surface area contributed by atoms with E-state index in [1.807, 2.05) is 6.08 Å². The van der Waals surface area contributed by atoms with E-state index in [4.69, 9.17) is 4.74 Å². The minimum absolute atomic E-state index is 0.366. The third kappa shape index (κ3) is 4.79. The van der Waals surface area contributed by atoms with Crippen molar-refractivity contribution in [3.63, 3.8) is 0 Å². The number of hydrogen-bond acceptors (Lipinski definition) is 6. The maximum absolute atomic E-state index is 11.5. The van der Waals surface area contributed by atoms with Crippen molar-refractivity contribution in [2.45, 2.75) is 6.92 Å². The zero-order valence-electron chi connectivity index (χ0n) is 9.77. The first-order chi connectivity index (χ1) is 8.29. The highest BCUT2D eigenvalue weighted by Crippen LogP contribution is 2.20. The van der Waals surface area contributed by atoms with Gasteiger partial charge in [0.15, 0.2) is 5.69 Å². The average Bonchev–Trinajstić information content (AvgIpc) is 2.77. The third-order valence-electron chi connectivity index (χ3n) is 1.80. The number of esters is 1. The van der Waals surface area contributed by atoms with E-state index in [-0.39, 0.29) is 5.97 Å². The second kappa shape index (κ2) is 8.14. The van der Waals surface area contributed by atoms with Crippen LogP contribution in [0, 0.1) is 0 Å². The molecule has 1 aromatic heterocycles. The molecule has 94 valence electrons. The van der Waals surface area contributed by atoms with Crippen LogP contribution in [0.4, 0.5) is 5.00 Å². The number of thiazole rings is 1. The summed E-state index contributed by atoms with van der Waals surface area (Å²) in [7, 11) is 0. The SMILES string of the molecule is C=CCSCCNc1scnc1C(=O)OCC. The predicted octanol–water partition coefficient (Wildman–Crippen LogP) is 2.65. The summed E-state index contributed by atoms with van der Waals surface area (Å²) in [5.74, 6) is 1.54. The van der Waals surface area contributed by atoms with Crippen LogP contribution in [0.1, 0.15) is 17.4 Å². The Morgan fingerprint density at radius 2 is 2.59 bits per heavy atom. The van der Waals surface area contributed by atoms with Crippen LogP contribution in [0.15, 0.2) is 18.2 Å². The van der Waals surface area contributed by atoms with Gasteiger partial charge in [-0.15, -0.1) is 17.9 Å². The molecule has 0 radical (unpaired) electrons. The van der Waals surface area contributed by atoms with E-state index in [1.165, 1.54) is 11.3 Å². The number of nitrogens with one attached hydrogen (secondary N) is 1. The molecule has 1 heterocycles. The molecule has 0 aliphatic heterocycles. The Balaban J connectivity index is 2.40. The minimum atomic E-state index is -0.366. The number of anilines is 1. The Hall–Kier alpha value is -1.01. The number of thioether (sulfide) groups is 1. The highest BCUT2D eigenvalue weighted by Gasteiger charge is 2.15. The smallest absolute Gasteiger partial charge is 0.360 e. The van der Waals surface area contributed by atoms with E-state index >= 15 is 0 Å². The minimum Gasteiger partial charge on any atom is -0.461 e. The number of rotatable bonds is 8.